The Labute approximate surface area is 260 Å². The molecule has 2 amide bonds. The van der Waals surface area contributed by atoms with Gasteiger partial charge in [-0.2, -0.15) is 0 Å². The molecule has 8 N–H and O–H groups in total. The maximum absolute atomic E-state index is 11.5. The van der Waals surface area contributed by atoms with E-state index in [0.29, 0.717) is 6.54 Å². The van der Waals surface area contributed by atoms with E-state index in [9.17, 15) is 14.4 Å². The van der Waals surface area contributed by atoms with Crippen molar-refractivity contribution >= 4 is 40.0 Å². The topological polar surface area (TPSA) is 169 Å². The molecule has 42 heavy (non-hydrogen) atoms. The number of hydrogen-bond donors (Lipinski definition) is 6. The van der Waals surface area contributed by atoms with E-state index in [2.05, 4.69) is 43.9 Å². The largest absolute Gasteiger partial charge is 0.481 e. The van der Waals surface area contributed by atoms with Gasteiger partial charge in [-0.25, -0.2) is 5.84 Å². The van der Waals surface area contributed by atoms with Gasteiger partial charge >= 0.3 is 5.97 Å². The van der Waals surface area contributed by atoms with Crippen molar-refractivity contribution in [2.45, 2.75) is 88.2 Å². The smallest absolute Gasteiger partial charge is 0.307 e. The number of carboxylic acid groups (broad SMARTS) is 1. The van der Waals surface area contributed by atoms with Crippen LogP contribution in [0.1, 0.15) is 67.7 Å². The van der Waals surface area contributed by atoms with Crippen LogP contribution in [0.5, 0.6) is 0 Å². The number of nitrogens with two attached hydrogens (primary N) is 2. The van der Waals surface area contributed by atoms with Crippen molar-refractivity contribution in [2.24, 2.45) is 29.4 Å². The highest BCUT2D eigenvalue weighted by atomic mass is 16.4. The molecule has 0 saturated carbocycles. The van der Waals surface area contributed by atoms with Gasteiger partial charge in [-0.1, -0.05) is 42.7 Å². The van der Waals surface area contributed by atoms with Gasteiger partial charge in [-0.05, 0) is 85.2 Å². The number of amides is 2. The molecule has 3 heterocycles. The fourth-order valence-electron chi connectivity index (χ4n) is 4.79. The molecule has 3 atom stereocenters. The van der Waals surface area contributed by atoms with Crippen LogP contribution in [-0.2, 0) is 14.4 Å². The van der Waals surface area contributed by atoms with Crippen LogP contribution in [-0.4, -0.2) is 112 Å². The predicted octanol–water partition coefficient (Wildman–Crippen LogP) is 1.30. The van der Waals surface area contributed by atoms with Crippen LogP contribution < -0.4 is 27.9 Å². The number of nitrogens with one attached hydrogen (secondary N) is 3. The van der Waals surface area contributed by atoms with E-state index in [1.807, 2.05) is 42.2 Å². The standard InChI is InChI=1S/C9H18BN2O.C7H15BN3O.C7H13BNO2.CH6N2.3CH4/c1-3-11-9(13)8-5-4-6-12(7-8)10-2;1-8-11-4-2-3-6(5-11)7(12)10-9;1-8-9-4-2-3-6(5-9)7(10)11;1-3-2;;;/h8H,3-7H2,1-2H3,(H,11,13);6H,2-5,9H2,1H3,(H,10,12);6H,2-5H2,1H3,(H,10,11);3H,2H2,1H3;3*1H4. The molecule has 3 aliphatic rings. The molecule has 0 bridgehead atoms. The number of hydrogen-bond acceptors (Lipinski definition) is 9. The maximum atomic E-state index is 11.5. The lowest BCUT2D eigenvalue weighted by molar-refractivity contribution is -0.143. The lowest BCUT2D eigenvalue weighted by Crippen LogP contribution is -2.45. The highest BCUT2D eigenvalue weighted by molar-refractivity contribution is 6.30. The van der Waals surface area contributed by atoms with Gasteiger partial charge in [0.05, 0.1) is 11.8 Å². The monoisotopic (exact) mass is 598 g/mol. The van der Waals surface area contributed by atoms with Crippen molar-refractivity contribution in [1.82, 2.24) is 30.6 Å². The highest BCUT2D eigenvalue weighted by Gasteiger charge is 2.25. The van der Waals surface area contributed by atoms with Crippen LogP contribution in [0, 0.1) is 17.8 Å². The molecule has 15 heteroatoms. The molecular weight excluding hydrogens is 533 g/mol. The average Bonchev–Trinajstić information content (AvgIpc) is 2.98. The summed E-state index contributed by atoms with van der Waals surface area (Å²) >= 11 is 0. The lowest BCUT2D eigenvalue weighted by atomic mass is 9.87. The molecule has 0 aromatic heterocycles. The minimum Gasteiger partial charge on any atom is -0.481 e. The van der Waals surface area contributed by atoms with Gasteiger partial charge in [-0.3, -0.25) is 31.1 Å². The normalized spacial score (nSPS) is 21.9. The summed E-state index contributed by atoms with van der Waals surface area (Å²) in [5.74, 6) is 9.29. The van der Waals surface area contributed by atoms with Gasteiger partial charge in [0.1, 0.15) is 0 Å². The third-order valence-corrected chi connectivity index (χ3v) is 7.04. The SMILES string of the molecule is C.C.C.CNN.C[B]N1CCCC(C(=O)NCC)C1.C[B]N1CCCC(C(=O)NN)C1.C[B]N1CCCC(C(=O)O)C1. The van der Waals surface area contributed by atoms with Crippen molar-refractivity contribution < 1.29 is 19.5 Å². The van der Waals surface area contributed by atoms with Crippen LogP contribution in [0.25, 0.3) is 0 Å². The first-order valence-corrected chi connectivity index (χ1v) is 14.2. The molecule has 0 aromatic carbocycles. The quantitative estimate of drug-likeness (QED) is 0.109. The van der Waals surface area contributed by atoms with Crippen LogP contribution in [0.15, 0.2) is 0 Å². The van der Waals surface area contributed by atoms with Crippen LogP contribution >= 0.6 is 0 Å². The molecule has 0 aromatic rings. The third-order valence-electron chi connectivity index (χ3n) is 7.04. The summed E-state index contributed by atoms with van der Waals surface area (Å²) in [5, 5.41) is 11.6. The molecule has 3 fully saturated rings. The van der Waals surface area contributed by atoms with E-state index in [-0.39, 0.29) is 51.8 Å². The average molecular weight is 597 g/mol. The summed E-state index contributed by atoms with van der Waals surface area (Å²) in [6.45, 7) is 14.2. The zero-order valence-corrected chi connectivity index (χ0v) is 24.8. The molecule has 3 saturated heterocycles. The molecule has 0 aliphatic carbocycles. The van der Waals surface area contributed by atoms with Gasteiger partial charge in [0.15, 0.2) is 0 Å². The minimum atomic E-state index is -0.656. The van der Waals surface area contributed by atoms with E-state index < -0.39 is 5.97 Å². The van der Waals surface area contributed by atoms with Gasteiger partial charge in [0, 0.05) is 19.0 Å². The Morgan fingerprint density at radius 3 is 1.38 bits per heavy atom. The summed E-state index contributed by atoms with van der Waals surface area (Å²) in [7, 11) is 7.72. The van der Waals surface area contributed by atoms with E-state index in [1.165, 1.54) is 0 Å². The summed E-state index contributed by atoms with van der Waals surface area (Å²) in [5.41, 5.74) is 4.45. The molecule has 3 aliphatic heterocycles. The molecular formula is C27H64B3N8O4. The van der Waals surface area contributed by atoms with E-state index in [4.69, 9.17) is 10.9 Å². The number of nitrogens with zero attached hydrogens (tertiary/aromatic N) is 3. The third kappa shape index (κ3) is 20.3. The van der Waals surface area contributed by atoms with Gasteiger partial charge in [-0.15, -0.1) is 0 Å². The first kappa shape index (κ1) is 47.3. The Bertz CT molecular complexity index is 685. The number of piperidine rings is 3. The molecule has 12 nitrogen and oxygen atoms in total. The number of hydrazine groups is 2. The summed E-state index contributed by atoms with van der Waals surface area (Å²) in [6.07, 6.45) is 6.03. The Morgan fingerprint density at radius 1 is 0.738 bits per heavy atom. The number of carbonyl (C=O) groups is 3. The number of rotatable bonds is 7. The summed E-state index contributed by atoms with van der Waals surface area (Å²) < 4.78 is 0. The van der Waals surface area contributed by atoms with Gasteiger partial charge in [0.2, 0.25) is 34.1 Å². The highest BCUT2D eigenvalue weighted by Crippen LogP contribution is 2.17. The maximum Gasteiger partial charge on any atom is 0.307 e. The lowest BCUT2D eigenvalue weighted by Gasteiger charge is -2.30. The zero-order valence-electron chi connectivity index (χ0n) is 24.8. The van der Waals surface area contributed by atoms with Crippen molar-refractivity contribution in [1.29, 1.82) is 0 Å². The van der Waals surface area contributed by atoms with Crippen molar-refractivity contribution in [3.8, 4) is 0 Å². The Hall–Kier alpha value is -1.64. The fourth-order valence-corrected chi connectivity index (χ4v) is 4.79. The van der Waals surface area contributed by atoms with E-state index in [1.54, 1.807) is 7.05 Å². The summed E-state index contributed by atoms with van der Waals surface area (Å²) in [4.78, 5) is 39.7. The van der Waals surface area contributed by atoms with Crippen molar-refractivity contribution in [3.05, 3.63) is 0 Å². The van der Waals surface area contributed by atoms with Crippen LogP contribution in [0.4, 0.5) is 0 Å². The second-order valence-corrected chi connectivity index (χ2v) is 9.81. The summed E-state index contributed by atoms with van der Waals surface area (Å²) in [6, 6.07) is 0. The molecule has 3 rings (SSSR count). The molecule has 3 unspecified atom stereocenters. The van der Waals surface area contributed by atoms with Crippen molar-refractivity contribution in [2.75, 3.05) is 52.9 Å². The number of carboxylic acids is 1. The van der Waals surface area contributed by atoms with E-state index in [0.717, 1.165) is 77.8 Å². The second-order valence-electron chi connectivity index (χ2n) is 9.81. The minimum absolute atomic E-state index is 0. The fraction of sp³-hybridized carbons (Fsp3) is 0.889. The van der Waals surface area contributed by atoms with Crippen LogP contribution in [0.2, 0.25) is 20.5 Å². The zero-order chi connectivity index (χ0) is 29.6. The Kier molecular flexibility index (Phi) is 33.2. The second kappa shape index (κ2) is 29.4. The first-order chi connectivity index (χ1) is 18.7. The number of aliphatic carboxylic acids is 1. The Morgan fingerprint density at radius 2 is 1.07 bits per heavy atom. The van der Waals surface area contributed by atoms with Crippen molar-refractivity contribution in [3.63, 3.8) is 0 Å². The molecule has 245 valence electrons. The predicted molar refractivity (Wildman–Crippen MR) is 180 cm³/mol. The number of carbonyl (C=O) groups excluding carboxylic acids is 2. The molecule has 3 radical (unpaired) electrons. The van der Waals surface area contributed by atoms with Gasteiger partial charge < -0.3 is 24.9 Å². The van der Waals surface area contributed by atoms with Gasteiger partial charge in [0.25, 0.3) is 0 Å². The Balaban J connectivity index is -0.000000238. The first-order valence-electron chi connectivity index (χ1n) is 14.2. The molecule has 0 spiro atoms. The van der Waals surface area contributed by atoms with E-state index >= 15 is 0 Å². The van der Waals surface area contributed by atoms with Crippen LogP contribution in [0.3, 0.4) is 0 Å².